The molecule has 0 bridgehead atoms. The molecule has 0 aliphatic heterocycles. The Morgan fingerprint density at radius 1 is 1.23 bits per heavy atom. The fraction of sp³-hybridized carbons (Fsp3) is 0. The van der Waals surface area contributed by atoms with Gasteiger partial charge in [0.2, 0.25) is 0 Å². The van der Waals surface area contributed by atoms with Crippen molar-refractivity contribution in [1.29, 1.82) is 0 Å². The zero-order valence-electron chi connectivity index (χ0n) is 6.03. The second kappa shape index (κ2) is 3.34. The van der Waals surface area contributed by atoms with Gasteiger partial charge in [-0.1, -0.05) is 23.2 Å². The van der Waals surface area contributed by atoms with Crippen LogP contribution in [0.15, 0.2) is 17.0 Å². The summed E-state index contributed by atoms with van der Waals surface area (Å²) in [6, 6.07) is 2.07. The summed E-state index contributed by atoms with van der Waals surface area (Å²) in [5.74, 6) is -0.681. The van der Waals surface area contributed by atoms with E-state index < -0.39 is 20.8 Å². The summed E-state index contributed by atoms with van der Waals surface area (Å²) >= 11 is 10.9. The van der Waals surface area contributed by atoms with Crippen molar-refractivity contribution >= 4 is 33.3 Å². The van der Waals surface area contributed by atoms with Crippen LogP contribution in [0, 0.1) is 0 Å². The molecule has 0 saturated heterocycles. The van der Waals surface area contributed by atoms with Gasteiger partial charge in [0.1, 0.15) is 5.75 Å². The van der Waals surface area contributed by atoms with Gasteiger partial charge in [-0.05, 0) is 6.07 Å². The Morgan fingerprint density at radius 2 is 1.77 bits per heavy atom. The first kappa shape index (κ1) is 10.6. The molecule has 7 heteroatoms. The molecule has 0 amide bonds. The lowest BCUT2D eigenvalue weighted by Crippen LogP contribution is -1.99. The van der Waals surface area contributed by atoms with E-state index in [0.29, 0.717) is 0 Å². The smallest absolute Gasteiger partial charge is 0.299 e. The highest BCUT2D eigenvalue weighted by Crippen LogP contribution is 2.33. The summed E-state index contributed by atoms with van der Waals surface area (Å²) in [6.07, 6.45) is 0. The minimum atomic E-state index is -4.52. The van der Waals surface area contributed by atoms with E-state index in [2.05, 4.69) is 0 Å². The summed E-state index contributed by atoms with van der Waals surface area (Å²) in [7, 11) is -4.52. The van der Waals surface area contributed by atoms with Gasteiger partial charge in [-0.2, -0.15) is 8.42 Å². The van der Waals surface area contributed by atoms with E-state index in [1.54, 1.807) is 0 Å². The van der Waals surface area contributed by atoms with Crippen LogP contribution in [0.2, 0.25) is 10.0 Å². The zero-order chi connectivity index (χ0) is 10.2. The van der Waals surface area contributed by atoms with E-state index in [4.69, 9.17) is 32.9 Å². The predicted molar refractivity (Wildman–Crippen MR) is 47.9 cm³/mol. The molecule has 0 unspecified atom stereocenters. The third kappa shape index (κ3) is 2.25. The molecule has 0 radical (unpaired) electrons. The second-order valence-corrected chi connectivity index (χ2v) is 4.41. The van der Waals surface area contributed by atoms with Crippen LogP contribution in [0.4, 0.5) is 0 Å². The van der Waals surface area contributed by atoms with E-state index in [9.17, 15) is 8.42 Å². The van der Waals surface area contributed by atoms with Gasteiger partial charge >= 0.3 is 0 Å². The molecule has 0 spiro atoms. The minimum Gasteiger partial charge on any atom is -0.506 e. The van der Waals surface area contributed by atoms with Crippen LogP contribution in [0.3, 0.4) is 0 Å². The summed E-state index contributed by atoms with van der Waals surface area (Å²) in [6.45, 7) is 0. The molecule has 0 saturated carbocycles. The Hall–Kier alpha value is -0.490. The molecule has 13 heavy (non-hydrogen) atoms. The Kier molecular flexibility index (Phi) is 2.72. The first-order chi connectivity index (χ1) is 5.82. The van der Waals surface area contributed by atoms with Crippen LogP contribution in [-0.4, -0.2) is 18.1 Å². The van der Waals surface area contributed by atoms with Gasteiger partial charge in [0.05, 0.1) is 5.02 Å². The molecule has 0 fully saturated rings. The topological polar surface area (TPSA) is 74.6 Å². The maximum absolute atomic E-state index is 10.7. The summed E-state index contributed by atoms with van der Waals surface area (Å²) < 4.78 is 29.9. The van der Waals surface area contributed by atoms with Crippen LogP contribution in [-0.2, 0) is 10.1 Å². The van der Waals surface area contributed by atoms with Gasteiger partial charge < -0.3 is 5.11 Å². The quantitative estimate of drug-likeness (QED) is 0.739. The third-order valence-electron chi connectivity index (χ3n) is 1.25. The largest absolute Gasteiger partial charge is 0.506 e. The Balaban J connectivity index is 3.57. The molecule has 1 aromatic rings. The van der Waals surface area contributed by atoms with E-state index >= 15 is 0 Å². The number of rotatable bonds is 1. The molecule has 2 N–H and O–H groups in total. The average Bonchev–Trinajstić information content (AvgIpc) is 1.78. The van der Waals surface area contributed by atoms with Gasteiger partial charge in [-0.15, -0.1) is 0 Å². The SMILES string of the molecule is O=S(=O)(O)c1c(O)cc(Cl)cc1Cl. The highest BCUT2D eigenvalue weighted by molar-refractivity contribution is 7.86. The lowest BCUT2D eigenvalue weighted by Gasteiger charge is -2.03. The number of phenolic OH excluding ortho intramolecular Hbond substituents is 1. The van der Waals surface area contributed by atoms with Gasteiger partial charge in [-0.25, -0.2) is 0 Å². The van der Waals surface area contributed by atoms with Crippen molar-refractivity contribution in [3.05, 3.63) is 22.2 Å². The number of phenols is 1. The highest BCUT2D eigenvalue weighted by Gasteiger charge is 2.20. The van der Waals surface area contributed by atoms with Crippen molar-refractivity contribution in [2.45, 2.75) is 4.90 Å². The number of hydrogen-bond acceptors (Lipinski definition) is 3. The van der Waals surface area contributed by atoms with Gasteiger partial charge in [0.15, 0.2) is 4.90 Å². The standard InChI is InChI=1S/C6H4Cl2O4S/c7-3-1-4(8)6(5(9)2-3)13(10,11)12/h1-2,9H,(H,10,11,12). The van der Waals surface area contributed by atoms with Crippen LogP contribution < -0.4 is 0 Å². The summed E-state index contributed by atoms with van der Waals surface area (Å²) in [5.41, 5.74) is 0. The second-order valence-electron chi connectivity index (χ2n) is 2.21. The lowest BCUT2D eigenvalue weighted by molar-refractivity contribution is 0.443. The lowest BCUT2D eigenvalue weighted by atomic mass is 10.3. The molecule has 72 valence electrons. The average molecular weight is 243 g/mol. The van der Waals surface area contributed by atoms with Crippen LogP contribution in [0.5, 0.6) is 5.75 Å². The van der Waals surface area contributed by atoms with E-state index in [1.165, 1.54) is 0 Å². The minimum absolute atomic E-state index is 0.0786. The van der Waals surface area contributed by atoms with Crippen LogP contribution in [0.25, 0.3) is 0 Å². The van der Waals surface area contributed by atoms with Gasteiger partial charge in [0, 0.05) is 11.1 Å². The third-order valence-corrected chi connectivity index (χ3v) is 2.82. The van der Waals surface area contributed by atoms with Gasteiger partial charge in [-0.3, -0.25) is 4.55 Å². The van der Waals surface area contributed by atoms with E-state index in [1.807, 2.05) is 0 Å². The molecular formula is C6H4Cl2O4S. The van der Waals surface area contributed by atoms with Gasteiger partial charge in [0.25, 0.3) is 10.1 Å². The fourth-order valence-electron chi connectivity index (χ4n) is 0.802. The van der Waals surface area contributed by atoms with Crippen molar-refractivity contribution in [3.8, 4) is 5.75 Å². The maximum atomic E-state index is 10.7. The number of aromatic hydroxyl groups is 1. The molecule has 0 atom stereocenters. The Labute approximate surface area is 84.5 Å². The van der Waals surface area contributed by atoms with E-state index in [-0.39, 0.29) is 10.0 Å². The van der Waals surface area contributed by atoms with Crippen molar-refractivity contribution in [2.75, 3.05) is 0 Å². The number of halogens is 2. The Bertz CT molecular complexity index is 417. The number of benzene rings is 1. The predicted octanol–water partition coefficient (Wildman–Crippen LogP) is 1.95. The molecule has 0 aromatic heterocycles. The molecule has 1 rings (SSSR count). The molecule has 0 heterocycles. The highest BCUT2D eigenvalue weighted by atomic mass is 35.5. The summed E-state index contributed by atoms with van der Waals surface area (Å²) in [4.78, 5) is -0.737. The van der Waals surface area contributed by atoms with E-state index in [0.717, 1.165) is 12.1 Å². The number of hydrogen-bond donors (Lipinski definition) is 2. The monoisotopic (exact) mass is 242 g/mol. The first-order valence-corrected chi connectivity index (χ1v) is 5.17. The molecule has 4 nitrogen and oxygen atoms in total. The fourth-order valence-corrected chi connectivity index (χ4v) is 2.21. The Morgan fingerprint density at radius 3 is 2.15 bits per heavy atom. The van der Waals surface area contributed by atoms with Crippen LogP contribution >= 0.6 is 23.2 Å². The van der Waals surface area contributed by atoms with Crippen molar-refractivity contribution in [3.63, 3.8) is 0 Å². The van der Waals surface area contributed by atoms with Crippen molar-refractivity contribution < 1.29 is 18.1 Å². The molecule has 0 aliphatic carbocycles. The van der Waals surface area contributed by atoms with Crippen molar-refractivity contribution in [1.82, 2.24) is 0 Å². The normalized spacial score (nSPS) is 11.6. The summed E-state index contributed by atoms with van der Waals surface area (Å²) in [5, 5.41) is 8.85. The first-order valence-electron chi connectivity index (χ1n) is 2.98. The maximum Gasteiger partial charge on any atom is 0.299 e. The van der Waals surface area contributed by atoms with Crippen molar-refractivity contribution in [2.24, 2.45) is 0 Å². The molecule has 0 aliphatic rings. The zero-order valence-corrected chi connectivity index (χ0v) is 8.36. The van der Waals surface area contributed by atoms with Crippen LogP contribution in [0.1, 0.15) is 0 Å². The molecule has 1 aromatic carbocycles. The molecular weight excluding hydrogens is 239 g/mol.